The summed E-state index contributed by atoms with van der Waals surface area (Å²) in [6.45, 7) is 0. The second-order valence-electron chi connectivity index (χ2n) is 15.9. The molecule has 0 unspecified atom stereocenters. The molecule has 0 aliphatic heterocycles. The molecule has 0 radical (unpaired) electrons. The highest BCUT2D eigenvalue weighted by Gasteiger charge is 2.25. The SMILES string of the molecule is Bc1c(B)c(B)c(-c2nc(-c3ccc(-c4ccccc4)cc3)nc(-n3c4ccccc4c4ccc5c6ccccc6n(-c6cccc(-c7ccccc7)c6)c5c43)n2)c(O)c1B. The molecule has 0 spiro atoms. The molecule has 0 saturated carbocycles. The van der Waals surface area contributed by atoms with Crippen LogP contribution in [0.4, 0.5) is 0 Å². The van der Waals surface area contributed by atoms with Crippen molar-refractivity contribution in [2.24, 2.45) is 0 Å². The van der Waals surface area contributed by atoms with Crippen LogP contribution in [0.15, 0.2) is 170 Å². The number of benzene rings is 8. The van der Waals surface area contributed by atoms with Crippen LogP contribution in [0.25, 0.3) is 100 Å². The van der Waals surface area contributed by atoms with Crippen LogP contribution >= 0.6 is 0 Å². The van der Waals surface area contributed by atoms with E-state index in [2.05, 4.69) is 189 Å². The van der Waals surface area contributed by atoms with Crippen LogP contribution in [-0.2, 0) is 0 Å². The Morgan fingerprint density at radius 1 is 0.377 bits per heavy atom. The van der Waals surface area contributed by atoms with Crippen molar-refractivity contribution in [2.45, 2.75) is 0 Å². The monoisotopic (exact) mass is 779 g/mol. The summed E-state index contributed by atoms with van der Waals surface area (Å²) in [5.41, 5.74) is 15.1. The number of hydrogen-bond donors (Lipinski definition) is 1. The van der Waals surface area contributed by atoms with Gasteiger partial charge >= 0.3 is 0 Å². The Morgan fingerprint density at radius 3 is 1.52 bits per heavy atom. The van der Waals surface area contributed by atoms with E-state index in [-0.39, 0.29) is 5.75 Å². The highest BCUT2D eigenvalue weighted by atomic mass is 16.3. The molecular weight excluding hydrogens is 742 g/mol. The van der Waals surface area contributed by atoms with Crippen molar-refractivity contribution < 1.29 is 5.11 Å². The molecule has 284 valence electrons. The van der Waals surface area contributed by atoms with Crippen LogP contribution in [0.3, 0.4) is 0 Å². The molecule has 10 heteroatoms. The molecule has 8 aromatic carbocycles. The van der Waals surface area contributed by atoms with Crippen LogP contribution < -0.4 is 21.9 Å². The van der Waals surface area contributed by atoms with Gasteiger partial charge in [-0.1, -0.05) is 162 Å². The predicted octanol–water partition coefficient (Wildman–Crippen LogP) is 5.47. The van der Waals surface area contributed by atoms with Crippen LogP contribution in [0, 0.1) is 0 Å². The topological polar surface area (TPSA) is 68.8 Å². The fraction of sp³-hybridized carbons (Fsp3) is 0. The molecule has 11 aromatic rings. The van der Waals surface area contributed by atoms with Crippen molar-refractivity contribution in [1.29, 1.82) is 0 Å². The fourth-order valence-corrected chi connectivity index (χ4v) is 9.15. The maximum absolute atomic E-state index is 11.9. The maximum Gasteiger partial charge on any atom is 0.238 e. The lowest BCUT2D eigenvalue weighted by Crippen LogP contribution is -2.48. The lowest BCUT2D eigenvalue weighted by Gasteiger charge is -2.18. The van der Waals surface area contributed by atoms with E-state index in [0.717, 1.165) is 99.0 Å². The molecule has 3 heterocycles. The van der Waals surface area contributed by atoms with E-state index in [1.54, 1.807) is 0 Å². The predicted molar refractivity (Wildman–Crippen MR) is 265 cm³/mol. The summed E-state index contributed by atoms with van der Waals surface area (Å²) in [6, 6.07) is 59.7. The first-order chi connectivity index (χ1) is 29.9. The summed E-state index contributed by atoms with van der Waals surface area (Å²) < 4.78 is 4.60. The van der Waals surface area contributed by atoms with Crippen LogP contribution in [-0.4, -0.2) is 60.6 Å². The molecule has 0 aliphatic carbocycles. The fourth-order valence-electron chi connectivity index (χ4n) is 9.15. The Morgan fingerprint density at radius 2 is 0.869 bits per heavy atom. The number of aromatic hydroxyl groups is 1. The highest BCUT2D eigenvalue weighted by molar-refractivity contribution is 6.64. The van der Waals surface area contributed by atoms with E-state index in [4.69, 9.17) is 15.0 Å². The van der Waals surface area contributed by atoms with Crippen LogP contribution in [0.1, 0.15) is 0 Å². The first-order valence-corrected chi connectivity index (χ1v) is 20.7. The molecule has 0 fully saturated rings. The van der Waals surface area contributed by atoms with Gasteiger partial charge in [-0.25, -0.2) is 4.98 Å². The number of nitrogens with zero attached hydrogens (tertiary/aromatic N) is 5. The minimum Gasteiger partial charge on any atom is -0.508 e. The lowest BCUT2D eigenvalue weighted by molar-refractivity contribution is 0.482. The molecule has 1 N–H and O–H groups in total. The van der Waals surface area contributed by atoms with Gasteiger partial charge in [-0.2, -0.15) is 9.97 Å². The average molecular weight is 779 g/mol. The van der Waals surface area contributed by atoms with Gasteiger partial charge in [0.1, 0.15) is 37.1 Å². The largest absolute Gasteiger partial charge is 0.508 e. The summed E-state index contributed by atoms with van der Waals surface area (Å²) in [4.78, 5) is 15.9. The Kier molecular flexibility index (Phi) is 8.57. The molecule has 0 amide bonds. The molecule has 6 nitrogen and oxygen atoms in total. The van der Waals surface area contributed by atoms with E-state index in [9.17, 15) is 5.11 Å². The van der Waals surface area contributed by atoms with Gasteiger partial charge in [0.05, 0.1) is 27.6 Å². The second-order valence-corrected chi connectivity index (χ2v) is 15.9. The van der Waals surface area contributed by atoms with Crippen LogP contribution in [0.2, 0.25) is 0 Å². The Labute approximate surface area is 356 Å². The normalized spacial score (nSPS) is 11.6. The summed E-state index contributed by atoms with van der Waals surface area (Å²) in [5, 5.41) is 16.4. The van der Waals surface area contributed by atoms with Gasteiger partial charge < -0.3 is 9.67 Å². The molecule has 0 saturated heterocycles. The lowest BCUT2D eigenvalue weighted by atomic mass is 9.65. The Bertz CT molecular complexity index is 3500. The minimum absolute atomic E-state index is 0.186. The van der Waals surface area contributed by atoms with Gasteiger partial charge in [-0.15, -0.1) is 5.46 Å². The van der Waals surface area contributed by atoms with Gasteiger partial charge in [0.15, 0.2) is 11.6 Å². The summed E-state index contributed by atoms with van der Waals surface area (Å²) in [6.07, 6.45) is 0. The van der Waals surface area contributed by atoms with Crippen molar-refractivity contribution >= 4 is 96.8 Å². The zero-order chi connectivity index (χ0) is 41.4. The van der Waals surface area contributed by atoms with Gasteiger partial charge in [0.25, 0.3) is 0 Å². The summed E-state index contributed by atoms with van der Waals surface area (Å²) in [5.74, 6) is 1.59. The summed E-state index contributed by atoms with van der Waals surface area (Å²) >= 11 is 0. The first-order valence-electron chi connectivity index (χ1n) is 20.7. The third-order valence-electron chi connectivity index (χ3n) is 12.6. The zero-order valence-electron chi connectivity index (χ0n) is 34.3. The zero-order valence-corrected chi connectivity index (χ0v) is 34.3. The number of rotatable bonds is 6. The van der Waals surface area contributed by atoms with E-state index in [1.807, 2.05) is 21.8 Å². The molecule has 3 aromatic heterocycles. The van der Waals surface area contributed by atoms with Crippen molar-refractivity contribution in [1.82, 2.24) is 24.1 Å². The van der Waals surface area contributed by atoms with Gasteiger partial charge in [0, 0.05) is 32.8 Å². The molecule has 61 heavy (non-hydrogen) atoms. The van der Waals surface area contributed by atoms with Gasteiger partial charge in [-0.3, -0.25) is 4.57 Å². The second kappa shape index (κ2) is 14.3. The van der Waals surface area contributed by atoms with Crippen molar-refractivity contribution in [3.05, 3.63) is 170 Å². The van der Waals surface area contributed by atoms with Gasteiger partial charge in [0.2, 0.25) is 5.95 Å². The van der Waals surface area contributed by atoms with E-state index < -0.39 is 0 Å². The quantitative estimate of drug-likeness (QED) is 0.228. The maximum atomic E-state index is 11.9. The van der Waals surface area contributed by atoms with Crippen molar-refractivity contribution in [3.8, 4) is 62.4 Å². The van der Waals surface area contributed by atoms with E-state index >= 15 is 0 Å². The highest BCUT2D eigenvalue weighted by Crippen LogP contribution is 2.42. The van der Waals surface area contributed by atoms with Crippen molar-refractivity contribution in [2.75, 3.05) is 0 Å². The molecule has 0 bridgehead atoms. The van der Waals surface area contributed by atoms with E-state index in [1.165, 1.54) is 0 Å². The Balaban J connectivity index is 1.25. The minimum atomic E-state index is 0.186. The number of aromatic nitrogens is 5. The van der Waals surface area contributed by atoms with Crippen molar-refractivity contribution in [3.63, 3.8) is 0 Å². The third-order valence-corrected chi connectivity index (χ3v) is 12.6. The first kappa shape index (κ1) is 36.5. The smallest absolute Gasteiger partial charge is 0.238 e. The molecule has 0 aliphatic rings. The Hall–Kier alpha value is -7.57. The number of para-hydroxylation sites is 2. The summed E-state index contributed by atoms with van der Waals surface area (Å²) in [7, 11) is 8.15. The molecule has 0 atom stereocenters. The number of hydrogen-bond acceptors (Lipinski definition) is 4. The molecule has 11 rings (SSSR count). The van der Waals surface area contributed by atoms with Gasteiger partial charge in [-0.05, 0) is 46.5 Å². The van der Waals surface area contributed by atoms with Crippen LogP contribution in [0.5, 0.6) is 5.75 Å². The third kappa shape index (κ3) is 5.81. The number of fused-ring (bicyclic) bond motifs is 7. The standard InChI is InChI=1S/C51H37B4N5O/c52-42-41(48(61)45(55)44(54)43(42)53)50-56-49(32-24-22-31(23-25-32)29-12-3-1-4-13-29)57-51(58-50)60-40-21-10-8-19-36(40)38-27-26-37-35-18-7-9-20-39(35)59(46(37)47(38)60)34-17-11-16-33(28-34)30-14-5-2-6-15-30/h1-28,61H,52-55H2. The number of phenols is 1. The number of phenolic OH excluding ortho intramolecular Hbond substituents is 1. The van der Waals surface area contributed by atoms with E-state index in [0.29, 0.717) is 23.2 Å². The average Bonchev–Trinajstić information content (AvgIpc) is 3.84. The molecular formula is C51H37B4N5O.